The lowest BCUT2D eigenvalue weighted by atomic mass is 10.0. The Kier molecular flexibility index (Phi) is 10.2. The van der Waals surface area contributed by atoms with Gasteiger partial charge in [0, 0.05) is 44.4 Å². The minimum absolute atomic E-state index is 0.0809. The third-order valence-corrected chi connectivity index (χ3v) is 6.57. The molecule has 1 amide bonds. The lowest BCUT2D eigenvalue weighted by Gasteiger charge is -2.36. The number of nitrogens with zero attached hydrogens (tertiary/aromatic N) is 2. The second kappa shape index (κ2) is 12.9. The molecule has 0 aliphatic carbocycles. The molecule has 0 unspecified atom stereocenters. The van der Waals surface area contributed by atoms with Crippen molar-refractivity contribution in [3.63, 3.8) is 0 Å². The summed E-state index contributed by atoms with van der Waals surface area (Å²) in [7, 11) is -4.64. The van der Waals surface area contributed by atoms with Crippen LogP contribution in [0.2, 0.25) is 10.0 Å². The molecule has 0 bridgehead atoms. The van der Waals surface area contributed by atoms with Gasteiger partial charge in [0.05, 0.1) is 22.3 Å². The van der Waals surface area contributed by atoms with Gasteiger partial charge in [-0.05, 0) is 49.6 Å². The number of carbonyl (C=O) groups is 1. The quantitative estimate of drug-likeness (QED) is 0.305. The van der Waals surface area contributed by atoms with Gasteiger partial charge in [-0.3, -0.25) is 9.69 Å². The molecular formula is C23H30Cl2N3O6P. The van der Waals surface area contributed by atoms with E-state index in [0.717, 1.165) is 69.1 Å². The number of carbonyl (C=O) groups excluding carboxylic acids is 1. The average Bonchev–Trinajstić information content (AvgIpc) is 2.80. The fourth-order valence-corrected chi connectivity index (χ4v) is 4.43. The summed E-state index contributed by atoms with van der Waals surface area (Å²) >= 11 is 12.5. The van der Waals surface area contributed by atoms with E-state index in [0.29, 0.717) is 23.1 Å². The number of fused-ring (bicyclic) bond motifs is 1. The predicted molar refractivity (Wildman–Crippen MR) is 137 cm³/mol. The Balaban J connectivity index is 0.000000623. The molecule has 192 valence electrons. The zero-order valence-electron chi connectivity index (χ0n) is 19.2. The van der Waals surface area contributed by atoms with Crippen LogP contribution in [-0.2, 0) is 15.8 Å². The Morgan fingerprint density at radius 1 is 1.00 bits per heavy atom. The number of halogens is 2. The first-order chi connectivity index (χ1) is 16.6. The number of benzene rings is 2. The van der Waals surface area contributed by atoms with Crippen molar-refractivity contribution in [2.45, 2.75) is 25.7 Å². The first-order valence-corrected chi connectivity index (χ1v) is 13.7. The van der Waals surface area contributed by atoms with Gasteiger partial charge in [-0.25, -0.2) is 4.57 Å². The Bertz CT molecular complexity index is 1050. The highest BCUT2D eigenvalue weighted by Crippen LogP contribution is 2.33. The van der Waals surface area contributed by atoms with Crippen LogP contribution < -0.4 is 15.0 Å². The zero-order valence-corrected chi connectivity index (χ0v) is 21.6. The molecule has 4 rings (SSSR count). The molecule has 1 fully saturated rings. The number of rotatable bonds is 7. The highest BCUT2D eigenvalue weighted by Gasteiger charge is 2.19. The van der Waals surface area contributed by atoms with Crippen LogP contribution in [0.15, 0.2) is 36.4 Å². The maximum atomic E-state index is 11.5. The number of phosphoric acid groups is 1. The van der Waals surface area contributed by atoms with Crippen LogP contribution in [-0.4, -0.2) is 64.8 Å². The Morgan fingerprint density at radius 2 is 1.71 bits per heavy atom. The molecule has 2 heterocycles. The third-order valence-electron chi connectivity index (χ3n) is 5.76. The van der Waals surface area contributed by atoms with E-state index in [-0.39, 0.29) is 5.91 Å². The lowest BCUT2D eigenvalue weighted by molar-refractivity contribution is -0.116. The summed E-state index contributed by atoms with van der Waals surface area (Å²) in [6, 6.07) is 11.8. The number of aryl methyl sites for hydroxylation is 1. The van der Waals surface area contributed by atoms with E-state index in [1.807, 2.05) is 30.3 Å². The summed E-state index contributed by atoms with van der Waals surface area (Å²) in [6.07, 6.45) is 3.47. The van der Waals surface area contributed by atoms with Crippen molar-refractivity contribution in [1.82, 2.24) is 4.90 Å². The fourth-order valence-electron chi connectivity index (χ4n) is 4.02. The molecule has 2 aliphatic heterocycles. The Morgan fingerprint density at radius 3 is 2.43 bits per heavy atom. The van der Waals surface area contributed by atoms with E-state index in [4.69, 9.17) is 47.2 Å². The molecule has 12 heteroatoms. The van der Waals surface area contributed by atoms with Crippen molar-refractivity contribution in [1.29, 1.82) is 0 Å². The highest BCUT2D eigenvalue weighted by atomic mass is 35.5. The number of unbranched alkanes of at least 4 members (excludes halogenated alkanes) is 1. The van der Waals surface area contributed by atoms with Crippen molar-refractivity contribution in [3.8, 4) is 5.75 Å². The average molecular weight is 546 g/mol. The lowest BCUT2D eigenvalue weighted by Crippen LogP contribution is -2.46. The van der Waals surface area contributed by atoms with Crippen molar-refractivity contribution in [2.24, 2.45) is 0 Å². The number of ether oxygens (including phenoxy) is 1. The molecule has 0 spiro atoms. The van der Waals surface area contributed by atoms with E-state index in [1.54, 1.807) is 0 Å². The van der Waals surface area contributed by atoms with E-state index < -0.39 is 7.82 Å². The second-order valence-electron chi connectivity index (χ2n) is 8.34. The Hall–Kier alpha value is -1.84. The van der Waals surface area contributed by atoms with Crippen molar-refractivity contribution < 1.29 is 28.8 Å². The standard InChI is InChI=1S/C23H27Cl2N3O2.H3O4P/c24-19-4-3-5-21(23(19)25)28-13-11-27(12-14-28)10-1-2-15-30-18-8-6-17-7-9-22(29)26-20(17)16-18;1-5(2,3)4/h3-6,8,16H,1-2,7,9-15H2,(H,26,29);(H3,1,2,3,4). The largest absolute Gasteiger partial charge is 0.494 e. The monoisotopic (exact) mass is 545 g/mol. The van der Waals surface area contributed by atoms with Crippen molar-refractivity contribution >= 4 is 48.3 Å². The van der Waals surface area contributed by atoms with Gasteiger partial charge in [-0.2, -0.15) is 0 Å². The van der Waals surface area contributed by atoms with E-state index in [1.165, 1.54) is 5.56 Å². The summed E-state index contributed by atoms with van der Waals surface area (Å²) in [5, 5.41) is 4.18. The molecule has 4 N–H and O–H groups in total. The Labute approximate surface area is 214 Å². The fraction of sp³-hybridized carbons (Fsp3) is 0.435. The second-order valence-corrected chi connectivity index (χ2v) is 10.1. The molecule has 0 saturated carbocycles. The molecule has 2 aliphatic rings. The van der Waals surface area contributed by atoms with Crippen LogP contribution >= 0.6 is 31.0 Å². The van der Waals surface area contributed by atoms with E-state index >= 15 is 0 Å². The van der Waals surface area contributed by atoms with E-state index in [9.17, 15) is 4.79 Å². The van der Waals surface area contributed by atoms with Gasteiger partial charge < -0.3 is 29.6 Å². The van der Waals surface area contributed by atoms with Gasteiger partial charge in [0.1, 0.15) is 5.75 Å². The smallest absolute Gasteiger partial charge is 0.466 e. The maximum Gasteiger partial charge on any atom is 0.466 e. The first-order valence-electron chi connectivity index (χ1n) is 11.4. The van der Waals surface area contributed by atoms with Crippen LogP contribution in [0.25, 0.3) is 0 Å². The van der Waals surface area contributed by atoms with Crippen LogP contribution in [0, 0.1) is 0 Å². The number of hydrogen-bond donors (Lipinski definition) is 4. The first kappa shape index (κ1) is 27.7. The molecule has 9 nitrogen and oxygen atoms in total. The summed E-state index contributed by atoms with van der Waals surface area (Å²) in [4.78, 5) is 37.9. The maximum absolute atomic E-state index is 11.5. The summed E-state index contributed by atoms with van der Waals surface area (Å²) < 4.78 is 14.8. The number of hydrogen-bond acceptors (Lipinski definition) is 5. The van der Waals surface area contributed by atoms with Gasteiger partial charge in [0.15, 0.2) is 0 Å². The van der Waals surface area contributed by atoms with Crippen molar-refractivity contribution in [2.75, 3.05) is 49.5 Å². The molecule has 0 aromatic heterocycles. The third kappa shape index (κ3) is 9.28. The molecule has 0 radical (unpaired) electrons. The minimum Gasteiger partial charge on any atom is -0.494 e. The SMILES string of the molecule is O=C1CCc2ccc(OCCCCN3CCN(c4cccc(Cl)c4Cl)CC3)cc2N1.O=P(O)(O)O. The number of anilines is 2. The molecule has 2 aromatic rings. The number of piperazine rings is 1. The van der Waals surface area contributed by atoms with Crippen molar-refractivity contribution in [3.05, 3.63) is 52.0 Å². The van der Waals surface area contributed by atoms with Gasteiger partial charge >= 0.3 is 7.82 Å². The van der Waals surface area contributed by atoms with Crippen LogP contribution in [0.3, 0.4) is 0 Å². The van der Waals surface area contributed by atoms with Gasteiger partial charge in [-0.1, -0.05) is 35.3 Å². The topological polar surface area (TPSA) is 123 Å². The van der Waals surface area contributed by atoms with Gasteiger partial charge in [0.25, 0.3) is 0 Å². The summed E-state index contributed by atoms with van der Waals surface area (Å²) in [5.41, 5.74) is 3.10. The summed E-state index contributed by atoms with van der Waals surface area (Å²) in [6.45, 7) is 5.71. The normalized spacial score (nSPS) is 16.1. The van der Waals surface area contributed by atoms with E-state index in [2.05, 4.69) is 21.2 Å². The number of nitrogens with one attached hydrogen (secondary N) is 1. The minimum atomic E-state index is -4.64. The van der Waals surface area contributed by atoms with Gasteiger partial charge in [-0.15, -0.1) is 0 Å². The molecule has 2 aromatic carbocycles. The molecular weight excluding hydrogens is 516 g/mol. The van der Waals surface area contributed by atoms with Gasteiger partial charge in [0.2, 0.25) is 5.91 Å². The molecule has 0 atom stereocenters. The predicted octanol–water partition coefficient (Wildman–Crippen LogP) is 3.93. The molecule has 35 heavy (non-hydrogen) atoms. The van der Waals surface area contributed by atoms with Crippen LogP contribution in [0.5, 0.6) is 5.75 Å². The van der Waals surface area contributed by atoms with Crippen LogP contribution in [0.1, 0.15) is 24.8 Å². The highest BCUT2D eigenvalue weighted by molar-refractivity contribution is 7.45. The zero-order chi connectivity index (χ0) is 25.4. The van der Waals surface area contributed by atoms with Crippen LogP contribution in [0.4, 0.5) is 11.4 Å². The number of amides is 1. The summed E-state index contributed by atoms with van der Waals surface area (Å²) in [5.74, 6) is 0.903. The molecule has 1 saturated heterocycles.